The van der Waals surface area contributed by atoms with Gasteiger partial charge in [-0.2, -0.15) is 0 Å². The van der Waals surface area contributed by atoms with E-state index < -0.39 is 0 Å². The number of rotatable bonds is 8. The Morgan fingerprint density at radius 2 is 1.90 bits per heavy atom. The first kappa shape index (κ1) is 20.7. The van der Waals surface area contributed by atoms with Gasteiger partial charge < -0.3 is 10.2 Å². The molecule has 0 bridgehead atoms. The highest BCUT2D eigenvalue weighted by Gasteiger charge is 2.15. The third kappa shape index (κ3) is 5.06. The zero-order valence-electron chi connectivity index (χ0n) is 16.9. The molecule has 0 radical (unpaired) electrons. The fraction of sp³-hybridized carbons (Fsp3) is 0.227. The molecular weight excluding hydrogens is 382 g/mol. The number of amides is 1. The van der Waals surface area contributed by atoms with E-state index in [9.17, 15) is 4.79 Å². The molecule has 0 aliphatic heterocycles. The molecule has 3 aromatic rings. The predicted molar refractivity (Wildman–Crippen MR) is 121 cm³/mol. The molecule has 7 heteroatoms. The van der Waals surface area contributed by atoms with Crippen molar-refractivity contribution < 1.29 is 4.79 Å². The van der Waals surface area contributed by atoms with Crippen LogP contribution < -0.4 is 10.2 Å². The minimum atomic E-state index is -0.0747. The maximum Gasteiger partial charge on any atom is 0.234 e. The molecule has 0 aliphatic carbocycles. The summed E-state index contributed by atoms with van der Waals surface area (Å²) in [5, 5.41) is 12.3. The summed E-state index contributed by atoms with van der Waals surface area (Å²) in [4.78, 5) is 14.4. The molecule has 29 heavy (non-hydrogen) atoms. The van der Waals surface area contributed by atoms with Gasteiger partial charge in [0, 0.05) is 37.6 Å². The largest absolute Gasteiger partial charge is 0.378 e. The predicted octanol–water partition coefficient (Wildman–Crippen LogP) is 4.24. The van der Waals surface area contributed by atoms with Crippen LogP contribution in [0.5, 0.6) is 0 Å². The van der Waals surface area contributed by atoms with E-state index in [-0.39, 0.29) is 11.7 Å². The molecule has 1 amide bonds. The smallest absolute Gasteiger partial charge is 0.234 e. The third-order valence-corrected chi connectivity index (χ3v) is 5.39. The number of hydrogen-bond donors (Lipinski definition) is 1. The number of nitrogens with one attached hydrogen (secondary N) is 1. The highest BCUT2D eigenvalue weighted by Crippen LogP contribution is 2.26. The van der Waals surface area contributed by atoms with Crippen molar-refractivity contribution in [1.82, 2.24) is 14.8 Å². The van der Waals surface area contributed by atoms with E-state index in [1.807, 2.05) is 79.0 Å². The first-order chi connectivity index (χ1) is 14.0. The number of aryl methyl sites for hydroxylation is 1. The second-order valence-electron chi connectivity index (χ2n) is 6.80. The van der Waals surface area contributed by atoms with E-state index in [0.29, 0.717) is 11.7 Å². The summed E-state index contributed by atoms with van der Waals surface area (Å²) in [5.74, 6) is 0.940. The Morgan fingerprint density at radius 1 is 1.17 bits per heavy atom. The summed E-state index contributed by atoms with van der Waals surface area (Å²) in [6.45, 7) is 6.38. The van der Waals surface area contributed by atoms with Crippen LogP contribution in [0.15, 0.2) is 66.3 Å². The number of nitrogens with zero attached hydrogens (tertiary/aromatic N) is 4. The van der Waals surface area contributed by atoms with Crippen LogP contribution in [0.1, 0.15) is 5.56 Å². The van der Waals surface area contributed by atoms with Crippen molar-refractivity contribution in [2.45, 2.75) is 18.6 Å². The molecule has 0 atom stereocenters. The summed E-state index contributed by atoms with van der Waals surface area (Å²) in [6.07, 6.45) is 1.80. The Labute approximate surface area is 175 Å². The van der Waals surface area contributed by atoms with E-state index in [1.54, 1.807) is 6.08 Å². The summed E-state index contributed by atoms with van der Waals surface area (Å²) < 4.78 is 1.98. The van der Waals surface area contributed by atoms with Crippen LogP contribution in [0.4, 0.5) is 11.4 Å². The van der Waals surface area contributed by atoms with E-state index in [1.165, 1.54) is 11.8 Å². The van der Waals surface area contributed by atoms with Gasteiger partial charge in [0.2, 0.25) is 5.91 Å². The van der Waals surface area contributed by atoms with E-state index in [2.05, 4.69) is 22.1 Å². The molecule has 3 rings (SSSR count). The third-order valence-electron chi connectivity index (χ3n) is 4.42. The molecule has 1 heterocycles. The van der Waals surface area contributed by atoms with Crippen molar-refractivity contribution in [1.29, 1.82) is 0 Å². The number of allylic oxidation sites excluding steroid dienone is 1. The van der Waals surface area contributed by atoms with Gasteiger partial charge in [-0.1, -0.05) is 36.0 Å². The Bertz CT molecular complexity index is 995. The van der Waals surface area contributed by atoms with Gasteiger partial charge in [-0.15, -0.1) is 16.8 Å². The van der Waals surface area contributed by atoms with Gasteiger partial charge in [0.1, 0.15) is 0 Å². The molecule has 0 fully saturated rings. The highest BCUT2D eigenvalue weighted by molar-refractivity contribution is 7.99. The number of aromatic nitrogens is 3. The summed E-state index contributed by atoms with van der Waals surface area (Å²) in [5.41, 5.74) is 3.95. The fourth-order valence-corrected chi connectivity index (χ4v) is 3.59. The Balaban J connectivity index is 1.73. The molecule has 0 spiro atoms. The second kappa shape index (κ2) is 9.43. The number of thioether (sulfide) groups is 1. The Morgan fingerprint density at radius 3 is 2.55 bits per heavy atom. The second-order valence-corrected chi connectivity index (χ2v) is 7.74. The monoisotopic (exact) mass is 407 g/mol. The summed E-state index contributed by atoms with van der Waals surface area (Å²) in [6, 6.07) is 15.9. The number of para-hydroxylation sites is 1. The minimum Gasteiger partial charge on any atom is -0.378 e. The lowest BCUT2D eigenvalue weighted by Crippen LogP contribution is -2.15. The standard InChI is InChI=1S/C22H25N5OS/c1-5-14-27-21(17-10-12-18(13-11-17)26(3)4)24-25-22(27)29-15-20(28)23-19-9-7-6-8-16(19)2/h5-13H,1,14-15H2,2-4H3,(H,23,28). The number of carbonyl (C=O) groups is 1. The average Bonchev–Trinajstić information content (AvgIpc) is 3.11. The van der Waals surface area contributed by atoms with Crippen molar-refractivity contribution in [2.75, 3.05) is 30.1 Å². The average molecular weight is 408 g/mol. The zero-order valence-corrected chi connectivity index (χ0v) is 17.7. The fourth-order valence-electron chi connectivity index (χ4n) is 2.84. The van der Waals surface area contributed by atoms with Gasteiger partial charge in [0.05, 0.1) is 5.75 Å². The molecule has 2 aromatic carbocycles. The lowest BCUT2D eigenvalue weighted by Gasteiger charge is -2.13. The van der Waals surface area contributed by atoms with E-state index in [0.717, 1.165) is 28.3 Å². The molecular formula is C22H25N5OS. The van der Waals surface area contributed by atoms with Crippen molar-refractivity contribution in [3.05, 3.63) is 66.7 Å². The van der Waals surface area contributed by atoms with Crippen LogP contribution in [-0.4, -0.2) is 40.5 Å². The molecule has 0 saturated heterocycles. The van der Waals surface area contributed by atoms with Gasteiger partial charge >= 0.3 is 0 Å². The summed E-state index contributed by atoms with van der Waals surface area (Å²) in [7, 11) is 4.01. The van der Waals surface area contributed by atoms with Crippen molar-refractivity contribution in [3.8, 4) is 11.4 Å². The molecule has 0 aliphatic rings. The Hall–Kier alpha value is -3.06. The highest BCUT2D eigenvalue weighted by atomic mass is 32.2. The van der Waals surface area contributed by atoms with E-state index in [4.69, 9.17) is 0 Å². The molecule has 1 N–H and O–H groups in total. The molecule has 0 unspecified atom stereocenters. The number of carbonyl (C=O) groups excluding carboxylic acids is 1. The minimum absolute atomic E-state index is 0.0747. The van der Waals surface area contributed by atoms with E-state index >= 15 is 0 Å². The van der Waals surface area contributed by atoms with Gasteiger partial charge in [-0.3, -0.25) is 9.36 Å². The first-order valence-corrected chi connectivity index (χ1v) is 10.3. The zero-order chi connectivity index (χ0) is 20.8. The van der Waals surface area contributed by atoms with Crippen LogP contribution in [0, 0.1) is 6.92 Å². The molecule has 1 aromatic heterocycles. The molecule has 0 saturated carbocycles. The van der Waals surface area contributed by atoms with Gasteiger partial charge in [0.15, 0.2) is 11.0 Å². The number of hydrogen-bond acceptors (Lipinski definition) is 5. The topological polar surface area (TPSA) is 63.1 Å². The maximum absolute atomic E-state index is 12.4. The molecule has 150 valence electrons. The van der Waals surface area contributed by atoms with Crippen LogP contribution >= 0.6 is 11.8 Å². The van der Waals surface area contributed by atoms with Crippen LogP contribution in [0.25, 0.3) is 11.4 Å². The van der Waals surface area contributed by atoms with Crippen molar-refractivity contribution in [2.24, 2.45) is 0 Å². The van der Waals surface area contributed by atoms with Crippen molar-refractivity contribution >= 4 is 29.0 Å². The van der Waals surface area contributed by atoms with Crippen LogP contribution in [-0.2, 0) is 11.3 Å². The first-order valence-electron chi connectivity index (χ1n) is 9.29. The van der Waals surface area contributed by atoms with Crippen LogP contribution in [0.3, 0.4) is 0 Å². The van der Waals surface area contributed by atoms with Gasteiger partial charge in [-0.05, 0) is 42.8 Å². The van der Waals surface area contributed by atoms with Crippen molar-refractivity contribution in [3.63, 3.8) is 0 Å². The SMILES string of the molecule is C=CCn1c(SCC(=O)Nc2ccccc2C)nnc1-c1ccc(N(C)C)cc1. The van der Waals surface area contributed by atoms with Crippen LogP contribution in [0.2, 0.25) is 0 Å². The van der Waals surface area contributed by atoms with Gasteiger partial charge in [0.25, 0.3) is 0 Å². The normalized spacial score (nSPS) is 10.6. The number of benzene rings is 2. The quantitative estimate of drug-likeness (QED) is 0.447. The van der Waals surface area contributed by atoms with Gasteiger partial charge in [-0.25, -0.2) is 0 Å². The summed E-state index contributed by atoms with van der Waals surface area (Å²) >= 11 is 1.37. The Kier molecular flexibility index (Phi) is 6.72. The molecule has 6 nitrogen and oxygen atoms in total. The number of anilines is 2. The maximum atomic E-state index is 12.4. The lowest BCUT2D eigenvalue weighted by molar-refractivity contribution is -0.113. The lowest BCUT2D eigenvalue weighted by atomic mass is 10.2.